The van der Waals surface area contributed by atoms with Gasteiger partial charge in [0.25, 0.3) is 22.2 Å². The fraction of sp³-hybridized carbons (Fsp3) is 0.562. The van der Waals surface area contributed by atoms with E-state index in [0.29, 0.717) is 15.4 Å². The number of rotatable bonds is 10. The Balaban J connectivity index is 0.000000218. The first kappa shape index (κ1) is 90.7. The van der Waals surface area contributed by atoms with E-state index >= 15 is 0 Å². The van der Waals surface area contributed by atoms with Gasteiger partial charge in [-0.2, -0.15) is 19.2 Å². The Hall–Kier alpha value is -10.2. The summed E-state index contributed by atoms with van der Waals surface area (Å²) in [7, 11) is 0. The molecule has 0 aromatic carbocycles. The summed E-state index contributed by atoms with van der Waals surface area (Å²) < 4.78 is 106. The summed E-state index contributed by atoms with van der Waals surface area (Å²) in [5.41, 5.74) is 12.3. The van der Waals surface area contributed by atoms with E-state index in [1.54, 1.807) is 4.98 Å². The summed E-state index contributed by atoms with van der Waals surface area (Å²) in [5.74, 6) is 20.7. The third kappa shape index (κ3) is 19.1. The molecule has 612 valence electrons. The molecule has 25 N–H and O–H groups in total. The highest BCUT2D eigenvalue weighted by Crippen LogP contribution is 2.42. The molecule has 5 aliphatic rings. The van der Waals surface area contributed by atoms with Crippen molar-refractivity contribution in [2.45, 2.75) is 192 Å². The number of aromatic nitrogens is 12. The molecule has 112 heavy (non-hydrogen) atoms. The van der Waals surface area contributed by atoms with Crippen LogP contribution in [0.5, 0.6) is 0 Å². The Labute approximate surface area is 623 Å². The predicted octanol–water partition coefficient (Wildman–Crippen LogP) is -11.5. The smallest absolute Gasteiger partial charge is 0.350 e. The molecule has 5 saturated heterocycles. The fourth-order valence-corrected chi connectivity index (χ4v) is 11.9. The van der Waals surface area contributed by atoms with E-state index in [-0.39, 0.29) is 5.69 Å². The van der Waals surface area contributed by atoms with Gasteiger partial charge in [0.2, 0.25) is 5.82 Å². The molecular formula is C64H79F6N17O25. The number of hydrogen-bond acceptors (Lipinski definition) is 32. The molecule has 0 bridgehead atoms. The molecular weight excluding hydrogens is 1520 g/mol. The number of aliphatic hydroxyl groups is 10. The van der Waals surface area contributed by atoms with Gasteiger partial charge in [-0.25, -0.2) is 50.7 Å². The lowest BCUT2D eigenvalue weighted by Gasteiger charge is -2.29. The van der Waals surface area contributed by atoms with Crippen molar-refractivity contribution >= 4 is 0 Å². The Morgan fingerprint density at radius 2 is 0.786 bits per heavy atom. The number of halogens is 6. The number of aliphatic hydroxyl groups excluding tert-OH is 10. The molecule has 0 spiro atoms. The molecule has 0 radical (unpaired) electrons. The molecule has 5 unspecified atom stereocenters. The van der Waals surface area contributed by atoms with Crippen LogP contribution in [0.3, 0.4) is 0 Å². The summed E-state index contributed by atoms with van der Waals surface area (Å²) in [6.07, 6.45) is -22.6. The van der Waals surface area contributed by atoms with Gasteiger partial charge in [-0.15, -0.1) is 0 Å². The number of nitrogens with zero attached hydrogens (tertiary/aromatic N) is 7. The zero-order valence-corrected chi connectivity index (χ0v) is 59.4. The highest BCUT2D eigenvalue weighted by atomic mass is 19.1. The minimum absolute atomic E-state index is 0.221. The van der Waals surface area contributed by atoms with E-state index in [1.165, 1.54) is 41.5 Å². The Kier molecular flexibility index (Phi) is 30.3. The highest BCUT2D eigenvalue weighted by Gasteiger charge is 2.61. The molecule has 42 nitrogen and oxygen atoms in total. The van der Waals surface area contributed by atoms with Crippen LogP contribution in [0.25, 0.3) is 0 Å². The molecule has 0 saturated carbocycles. The predicted molar refractivity (Wildman–Crippen MR) is 368 cm³/mol. The van der Waals surface area contributed by atoms with Crippen molar-refractivity contribution < 1.29 is 101 Å². The van der Waals surface area contributed by atoms with Crippen LogP contribution in [0.15, 0.2) is 85.0 Å². The van der Waals surface area contributed by atoms with E-state index in [1.807, 2.05) is 20.9 Å². The van der Waals surface area contributed by atoms with E-state index in [9.17, 15) is 125 Å². The van der Waals surface area contributed by atoms with Gasteiger partial charge in [0, 0.05) is 24.0 Å². The number of alkyl halides is 5. The Morgan fingerprint density at radius 1 is 0.455 bits per heavy atom. The molecule has 5 fully saturated rings. The van der Waals surface area contributed by atoms with Gasteiger partial charge in [-0.3, -0.25) is 62.4 Å². The Bertz CT molecular complexity index is 4860. The molecule has 5 aliphatic heterocycles. The minimum Gasteiger partial charge on any atom is -0.391 e. The van der Waals surface area contributed by atoms with E-state index in [0.717, 1.165) is 44.6 Å². The number of ether oxygens (including phenoxy) is 5. The van der Waals surface area contributed by atoms with Crippen molar-refractivity contribution in [3.8, 4) is 59.2 Å². The zero-order chi connectivity index (χ0) is 84.2. The third-order valence-corrected chi connectivity index (χ3v) is 17.4. The molecule has 48 heteroatoms. The fourth-order valence-electron chi connectivity index (χ4n) is 11.9. The molecule has 5 aromatic heterocycles. The molecule has 0 amide bonds. The largest absolute Gasteiger partial charge is 0.391 e. The van der Waals surface area contributed by atoms with E-state index in [4.69, 9.17) is 52.4 Å². The summed E-state index contributed by atoms with van der Waals surface area (Å²) in [6, 6.07) is 2.21. The van der Waals surface area contributed by atoms with Gasteiger partial charge < -0.3 is 103 Å². The van der Waals surface area contributed by atoms with Crippen molar-refractivity contribution in [2.24, 2.45) is 28.7 Å². The number of hydrogen-bond donors (Lipinski definition) is 20. The summed E-state index contributed by atoms with van der Waals surface area (Å²) in [5, 5.41) is 103. The van der Waals surface area contributed by atoms with Crippen molar-refractivity contribution in [3.05, 3.63) is 153 Å². The summed E-state index contributed by atoms with van der Waals surface area (Å²) in [4.78, 5) is 128. The van der Waals surface area contributed by atoms with Crippen LogP contribution in [-0.4, -0.2) is 262 Å². The lowest BCUT2D eigenvalue weighted by molar-refractivity contribution is -0.0817. The maximum absolute atomic E-state index is 13.5. The second-order valence-electron chi connectivity index (χ2n) is 25.4. The van der Waals surface area contributed by atoms with Crippen molar-refractivity contribution in [3.63, 3.8) is 0 Å². The van der Waals surface area contributed by atoms with Crippen molar-refractivity contribution in [1.82, 2.24) is 58.0 Å². The average molecular weight is 1600 g/mol. The summed E-state index contributed by atoms with van der Waals surface area (Å²) >= 11 is 0. The Morgan fingerprint density at radius 3 is 1.15 bits per heavy atom. The maximum Gasteiger partial charge on any atom is 0.350 e. The molecule has 10 heterocycles. The maximum atomic E-state index is 13.5. The van der Waals surface area contributed by atoms with Gasteiger partial charge in [0.15, 0.2) is 58.8 Å². The third-order valence-electron chi connectivity index (χ3n) is 17.4. The number of nitrogens with one attached hydrogen (secondary N) is 5. The number of aromatic amines is 5. The first-order valence-corrected chi connectivity index (χ1v) is 32.7. The number of nitrogens with two attached hydrogens (primary N) is 5. The van der Waals surface area contributed by atoms with Crippen molar-refractivity contribution in [1.29, 1.82) is 0 Å². The molecule has 25 atom stereocenters. The summed E-state index contributed by atoms with van der Waals surface area (Å²) in [6.45, 7) is 3.11. The van der Waals surface area contributed by atoms with Crippen LogP contribution in [0.4, 0.5) is 26.3 Å². The van der Waals surface area contributed by atoms with Gasteiger partial charge in [0.05, 0.1) is 36.7 Å². The lowest BCUT2D eigenvalue weighted by atomic mass is 9.90. The second kappa shape index (κ2) is 37.4. The standard InChI is InChI=1S/C14H18FN3O5.C13H15F2N3O5.C13H16FN3O5.2C12H15FN4O5/c1-7-6-9(20)17-13(22)18(7)12-14(16,4-3-5-15)11(21)10(23-12)8(2)19;1-6(19)8-9(20)13(16,3-2-4-14)11(23-8)18-5-7(15)10(21)17-12(18)22;1-7(18)9-10(20)13(15,4-2-5-14)11(22-9)17-6-3-8(19)16-12(17)21;1-6(18)7-8(19)12(14,3-2-4-13)9(22-7)17-5-15-10(20)16-11(17)21;1-6(18)8-9(20)12(14,3-2-4-13)10(22-8)17-11(21)16-7(19)5-15-17/h6,8,10-12,19,21H,5,16H2,1-2H3,(H,17,20,22);5-6,8-9,11,19-20H,4,16H2,1H3,(H,17,21,22);3,6-7,9-11,18,20H,5,15H2,1H3,(H,16,19,21);5-9,18-19H,4,14H2,1H3,(H,16,20,21);5-6,8-10,18,20H,4,14H2,1H3,(H,16,19,21)/t8-,10+,11-,12+,14?;6-,8+,9-,11+,13?;7-,9+,10-,11+,13?;6-,7+,8-,9+,12?;6-,8+,9-,10+,12?/m00000/s1. The van der Waals surface area contributed by atoms with Crippen LogP contribution < -0.4 is 85.0 Å². The van der Waals surface area contributed by atoms with E-state index < -0.39 is 246 Å². The van der Waals surface area contributed by atoms with Gasteiger partial charge in [-0.1, -0.05) is 59.2 Å². The molecule has 10 rings (SSSR count). The van der Waals surface area contributed by atoms with Crippen LogP contribution in [0.1, 0.15) is 71.5 Å². The molecule has 0 aliphatic carbocycles. The van der Waals surface area contributed by atoms with Crippen LogP contribution in [0.2, 0.25) is 0 Å². The normalized spacial score (nSPS) is 32.0. The second-order valence-corrected chi connectivity index (χ2v) is 25.4. The topological polar surface area (TPSA) is 679 Å². The number of aryl methyl sites for hydroxylation is 1. The number of H-pyrrole nitrogens is 5. The quantitative estimate of drug-likeness (QED) is 0.0456. The minimum atomic E-state index is -2.00. The first-order valence-electron chi connectivity index (χ1n) is 32.7. The monoisotopic (exact) mass is 1600 g/mol. The van der Waals surface area contributed by atoms with E-state index in [2.05, 4.69) is 68.4 Å². The first-order chi connectivity index (χ1) is 52.4. The van der Waals surface area contributed by atoms with Crippen LogP contribution in [-0.2, 0) is 23.7 Å². The lowest BCUT2D eigenvalue weighted by Crippen LogP contribution is -2.56. The highest BCUT2D eigenvalue weighted by molar-refractivity contribution is 5.31. The van der Waals surface area contributed by atoms with Crippen molar-refractivity contribution in [2.75, 3.05) is 33.4 Å². The molecule has 5 aromatic rings. The van der Waals surface area contributed by atoms with Gasteiger partial charge in [0.1, 0.15) is 107 Å². The average Bonchev–Trinajstić information content (AvgIpc) is 1.65. The zero-order valence-electron chi connectivity index (χ0n) is 59.4. The van der Waals surface area contributed by atoms with Gasteiger partial charge in [-0.05, 0) is 41.5 Å². The van der Waals surface area contributed by atoms with Crippen LogP contribution in [0, 0.1) is 71.9 Å². The van der Waals surface area contributed by atoms with Gasteiger partial charge >= 0.3 is 34.1 Å². The van der Waals surface area contributed by atoms with Crippen LogP contribution >= 0.6 is 0 Å². The SMILES string of the molecule is C[C@H](O)[C@H]1O[C@@H](n2cc(F)c(=O)[nH]c2=O)C(N)(C#CCF)[C@H]1O.C[C@H](O)[C@H]1O[C@@H](n2ccc(=O)[nH]c2=O)C(N)(C#CCF)[C@H]1O.C[C@H](O)[C@H]1O[C@@H](n2cnc(=O)[nH]c2=O)C(N)(C#CCF)[C@H]1O.C[C@H](O)[C@H]1O[C@@H](n2ncc(=O)[nH]c2=O)C(N)(C#CCF)[C@H]1O.Cc1cc(=O)[nH]c(=O)n1[C@@H]1O[C@H]([C@H](C)O)[C@H](O)C1(N)C#CCF.